The Balaban J connectivity index is 2.20. The Morgan fingerprint density at radius 3 is 2.79 bits per heavy atom. The topological polar surface area (TPSA) is 33.7 Å². The Hall–Kier alpha value is -0.780. The fourth-order valence-electron chi connectivity index (χ4n) is 2.39. The van der Waals surface area contributed by atoms with Crippen LogP contribution in [-0.4, -0.2) is 44.8 Å². The molecule has 0 spiro atoms. The molecule has 1 aromatic rings. The Labute approximate surface area is 123 Å². The van der Waals surface area contributed by atoms with E-state index < -0.39 is 0 Å². The van der Waals surface area contributed by atoms with Crippen molar-refractivity contribution in [1.29, 1.82) is 0 Å². The molecule has 5 heteroatoms. The highest BCUT2D eigenvalue weighted by Gasteiger charge is 2.20. The van der Waals surface area contributed by atoms with Gasteiger partial charge in [0.1, 0.15) is 0 Å². The molecule has 0 bridgehead atoms. The van der Waals surface area contributed by atoms with E-state index in [-0.39, 0.29) is 0 Å². The predicted molar refractivity (Wildman–Crippen MR) is 80.0 cm³/mol. The molecule has 0 unspecified atom stereocenters. The summed E-state index contributed by atoms with van der Waals surface area (Å²) in [6.45, 7) is 6.34. The maximum Gasteiger partial charge on any atom is 0.175 e. The number of benzene rings is 1. The second-order valence-corrected chi connectivity index (χ2v) is 5.59. The van der Waals surface area contributed by atoms with E-state index in [2.05, 4.69) is 39.1 Å². The Morgan fingerprint density at radius 2 is 2.16 bits per heavy atom. The minimum atomic E-state index is 0.550. The zero-order valence-corrected chi connectivity index (χ0v) is 13.3. The highest BCUT2D eigenvalue weighted by Crippen LogP contribution is 2.38. The lowest BCUT2D eigenvalue weighted by atomic mass is 10.1. The largest absolute Gasteiger partial charge is 0.493 e. The lowest BCUT2D eigenvalue weighted by Crippen LogP contribution is -2.49. The first kappa shape index (κ1) is 14.6. The summed E-state index contributed by atoms with van der Waals surface area (Å²) in [5, 5.41) is 3.41. The average molecular weight is 329 g/mol. The van der Waals surface area contributed by atoms with E-state index >= 15 is 0 Å². The van der Waals surface area contributed by atoms with Crippen LogP contribution < -0.4 is 14.8 Å². The highest BCUT2D eigenvalue weighted by atomic mass is 79.9. The van der Waals surface area contributed by atoms with Gasteiger partial charge < -0.3 is 14.8 Å². The maximum absolute atomic E-state index is 5.42. The van der Waals surface area contributed by atoms with E-state index in [0.717, 1.165) is 42.2 Å². The van der Waals surface area contributed by atoms with Gasteiger partial charge in [0.2, 0.25) is 0 Å². The molecule has 0 saturated carbocycles. The van der Waals surface area contributed by atoms with E-state index in [1.54, 1.807) is 14.2 Å². The van der Waals surface area contributed by atoms with Crippen LogP contribution in [0.4, 0.5) is 0 Å². The molecule has 4 nitrogen and oxygen atoms in total. The van der Waals surface area contributed by atoms with Crippen LogP contribution >= 0.6 is 15.9 Å². The highest BCUT2D eigenvalue weighted by molar-refractivity contribution is 9.10. The van der Waals surface area contributed by atoms with Gasteiger partial charge in [0, 0.05) is 32.2 Å². The van der Waals surface area contributed by atoms with Crippen LogP contribution in [-0.2, 0) is 6.54 Å². The lowest BCUT2D eigenvalue weighted by Gasteiger charge is -2.34. The molecular formula is C14H21BrN2O2. The molecule has 1 aliphatic heterocycles. The van der Waals surface area contributed by atoms with Gasteiger partial charge in [-0.05, 0) is 34.5 Å². The molecule has 1 heterocycles. The Bertz CT molecular complexity index is 440. The van der Waals surface area contributed by atoms with Gasteiger partial charge >= 0.3 is 0 Å². The number of halogens is 1. The molecule has 0 radical (unpaired) electrons. The lowest BCUT2D eigenvalue weighted by molar-refractivity contribution is 0.165. The number of hydrogen-bond donors (Lipinski definition) is 1. The molecule has 106 valence electrons. The van der Waals surface area contributed by atoms with Crippen molar-refractivity contribution in [2.75, 3.05) is 33.9 Å². The van der Waals surface area contributed by atoms with Crippen LogP contribution in [0.25, 0.3) is 0 Å². The molecule has 1 aromatic carbocycles. The van der Waals surface area contributed by atoms with Crippen molar-refractivity contribution in [2.45, 2.75) is 19.5 Å². The first-order chi connectivity index (χ1) is 9.17. The van der Waals surface area contributed by atoms with Crippen molar-refractivity contribution < 1.29 is 9.47 Å². The van der Waals surface area contributed by atoms with Gasteiger partial charge in [0.05, 0.1) is 18.7 Å². The summed E-state index contributed by atoms with van der Waals surface area (Å²) in [6.07, 6.45) is 0. The fraction of sp³-hybridized carbons (Fsp3) is 0.571. The van der Waals surface area contributed by atoms with E-state index in [0.29, 0.717) is 6.04 Å². The van der Waals surface area contributed by atoms with Gasteiger partial charge in [-0.1, -0.05) is 6.07 Å². The molecule has 1 atom stereocenters. The third-order valence-electron chi connectivity index (χ3n) is 3.58. The van der Waals surface area contributed by atoms with Crippen molar-refractivity contribution in [3.05, 3.63) is 22.2 Å². The zero-order valence-electron chi connectivity index (χ0n) is 11.7. The van der Waals surface area contributed by atoms with Gasteiger partial charge in [0.25, 0.3) is 0 Å². The quantitative estimate of drug-likeness (QED) is 0.919. The number of nitrogens with one attached hydrogen (secondary N) is 1. The minimum Gasteiger partial charge on any atom is -0.493 e. The van der Waals surface area contributed by atoms with E-state index in [1.807, 2.05) is 6.07 Å². The molecule has 1 fully saturated rings. The number of ether oxygens (including phenoxy) is 2. The predicted octanol–water partition coefficient (Wildman–Crippen LogP) is 2.26. The normalized spacial score (nSPS) is 20.3. The Kier molecular flexibility index (Phi) is 5.07. The van der Waals surface area contributed by atoms with E-state index in [9.17, 15) is 0 Å². The van der Waals surface area contributed by atoms with Crippen LogP contribution in [0, 0.1) is 0 Å². The van der Waals surface area contributed by atoms with Crippen molar-refractivity contribution in [1.82, 2.24) is 10.2 Å². The van der Waals surface area contributed by atoms with Crippen molar-refractivity contribution in [2.24, 2.45) is 0 Å². The fourth-order valence-corrected chi connectivity index (χ4v) is 3.00. The standard InChI is InChI=1S/C14H21BrN2O2/c1-10-8-16-6-7-17(10)9-11-4-5-12(18-2)14(19-3)13(11)15/h4-5,10,16H,6-9H2,1-3H3/t10-/m1/s1. The second-order valence-electron chi connectivity index (χ2n) is 4.80. The monoisotopic (exact) mass is 328 g/mol. The summed E-state index contributed by atoms with van der Waals surface area (Å²) in [7, 11) is 3.32. The van der Waals surface area contributed by atoms with E-state index in [4.69, 9.17) is 9.47 Å². The van der Waals surface area contributed by atoms with Crippen molar-refractivity contribution in [3.8, 4) is 11.5 Å². The molecule has 2 rings (SSSR count). The van der Waals surface area contributed by atoms with E-state index in [1.165, 1.54) is 5.56 Å². The molecule has 0 amide bonds. The summed E-state index contributed by atoms with van der Waals surface area (Å²) in [6, 6.07) is 4.61. The number of piperazine rings is 1. The van der Waals surface area contributed by atoms with Crippen LogP contribution in [0.3, 0.4) is 0 Å². The van der Waals surface area contributed by atoms with Crippen LogP contribution in [0.15, 0.2) is 16.6 Å². The molecule has 0 aliphatic carbocycles. The van der Waals surface area contributed by atoms with Crippen molar-refractivity contribution >= 4 is 15.9 Å². The summed E-state index contributed by atoms with van der Waals surface area (Å²) in [4.78, 5) is 2.47. The molecule has 1 saturated heterocycles. The first-order valence-electron chi connectivity index (χ1n) is 6.51. The third kappa shape index (κ3) is 3.22. The van der Waals surface area contributed by atoms with Crippen molar-refractivity contribution in [3.63, 3.8) is 0 Å². The Morgan fingerprint density at radius 1 is 1.37 bits per heavy atom. The van der Waals surface area contributed by atoms with Gasteiger partial charge in [-0.3, -0.25) is 4.90 Å². The summed E-state index contributed by atoms with van der Waals surface area (Å²) in [5.74, 6) is 1.52. The van der Waals surface area contributed by atoms with Crippen LogP contribution in [0.1, 0.15) is 12.5 Å². The first-order valence-corrected chi connectivity index (χ1v) is 7.30. The number of rotatable bonds is 4. The number of methoxy groups -OCH3 is 2. The summed E-state index contributed by atoms with van der Waals surface area (Å²) < 4.78 is 11.7. The minimum absolute atomic E-state index is 0.550. The SMILES string of the molecule is COc1ccc(CN2CCNC[C@H]2C)c(Br)c1OC. The van der Waals surface area contributed by atoms with Crippen LogP contribution in [0.5, 0.6) is 11.5 Å². The molecular weight excluding hydrogens is 308 g/mol. The molecule has 1 aliphatic rings. The van der Waals surface area contributed by atoms with Gasteiger partial charge in [-0.15, -0.1) is 0 Å². The number of hydrogen-bond acceptors (Lipinski definition) is 4. The van der Waals surface area contributed by atoms with Gasteiger partial charge in [0.15, 0.2) is 11.5 Å². The van der Waals surface area contributed by atoms with Crippen LogP contribution in [0.2, 0.25) is 0 Å². The second kappa shape index (κ2) is 6.59. The molecule has 19 heavy (non-hydrogen) atoms. The summed E-state index contributed by atoms with van der Waals surface area (Å²) >= 11 is 3.63. The van der Waals surface area contributed by atoms with Gasteiger partial charge in [-0.25, -0.2) is 0 Å². The summed E-state index contributed by atoms with van der Waals surface area (Å²) in [5.41, 5.74) is 1.23. The van der Waals surface area contributed by atoms with Gasteiger partial charge in [-0.2, -0.15) is 0 Å². The average Bonchev–Trinajstić information content (AvgIpc) is 2.43. The molecule has 1 N–H and O–H groups in total. The number of nitrogens with zero attached hydrogens (tertiary/aromatic N) is 1. The third-order valence-corrected chi connectivity index (χ3v) is 4.45. The smallest absolute Gasteiger partial charge is 0.175 e. The zero-order chi connectivity index (χ0) is 13.8. The maximum atomic E-state index is 5.42. The molecule has 0 aromatic heterocycles.